The fourth-order valence-electron chi connectivity index (χ4n) is 4.97. The molecule has 0 saturated carbocycles. The van der Waals surface area contributed by atoms with Crippen LogP contribution in [-0.2, 0) is 0 Å². The zero-order valence-electron chi connectivity index (χ0n) is 35.8. The first-order chi connectivity index (χ1) is 25.4. The van der Waals surface area contributed by atoms with E-state index in [1.54, 1.807) is 24.3 Å². The van der Waals surface area contributed by atoms with Gasteiger partial charge < -0.3 is 4.42 Å². The Morgan fingerprint density at radius 2 is 0.973 bits per heavy atom. The maximum absolute atomic E-state index is 9.65. The monoisotopic (exact) mass is 487 g/mol. The van der Waals surface area contributed by atoms with Crippen LogP contribution in [0.15, 0.2) is 138 Å². The van der Waals surface area contributed by atoms with Gasteiger partial charge in [0.25, 0.3) is 0 Å². The van der Waals surface area contributed by atoms with E-state index in [4.69, 9.17) is 20.9 Å². The van der Waals surface area contributed by atoms with E-state index in [1.807, 2.05) is 0 Å². The van der Waals surface area contributed by atoms with Gasteiger partial charge >= 0.3 is 0 Å². The molecule has 0 atom stereocenters. The first-order valence-corrected chi connectivity index (χ1v) is 11.3. The summed E-state index contributed by atoms with van der Waals surface area (Å²) in [4.78, 5) is 0. The van der Waals surface area contributed by atoms with Crippen LogP contribution in [0.4, 0.5) is 0 Å². The Balaban J connectivity index is 1.84. The fourth-order valence-corrected chi connectivity index (χ4v) is 4.97. The van der Waals surface area contributed by atoms with Gasteiger partial charge in [-0.15, -0.1) is 0 Å². The van der Waals surface area contributed by atoms with Crippen molar-refractivity contribution in [1.29, 1.82) is 0 Å². The zero-order valence-corrected chi connectivity index (χ0v) is 18.8. The number of benzene rings is 7. The van der Waals surface area contributed by atoms with Crippen molar-refractivity contribution < 1.29 is 27.7 Å². The molecule has 37 heavy (non-hydrogen) atoms. The molecule has 1 nitrogen and oxygen atoms in total. The third kappa shape index (κ3) is 2.92. The van der Waals surface area contributed by atoms with Crippen molar-refractivity contribution in [2.75, 3.05) is 0 Å². The van der Waals surface area contributed by atoms with Crippen LogP contribution >= 0.6 is 0 Å². The van der Waals surface area contributed by atoms with Crippen LogP contribution in [0.3, 0.4) is 0 Å². The Kier molecular flexibility index (Phi) is 2.09. The molecule has 1 heterocycles. The molecule has 0 aliphatic rings. The van der Waals surface area contributed by atoms with Crippen LogP contribution in [0.2, 0.25) is 0 Å². The van der Waals surface area contributed by atoms with E-state index < -0.39 is 135 Å². The molecule has 8 aromatic rings. The Morgan fingerprint density at radius 3 is 1.65 bits per heavy atom. The molecule has 0 unspecified atom stereocenters. The summed E-state index contributed by atoms with van der Waals surface area (Å²) >= 11 is 0. The van der Waals surface area contributed by atoms with Crippen molar-refractivity contribution in [3.05, 3.63) is 133 Å². The highest BCUT2D eigenvalue weighted by Crippen LogP contribution is 2.47. The van der Waals surface area contributed by atoms with Crippen molar-refractivity contribution in [3.63, 3.8) is 0 Å². The van der Waals surface area contributed by atoms with Crippen molar-refractivity contribution >= 4 is 54.1 Å². The zero-order chi connectivity index (χ0) is 39.1. The van der Waals surface area contributed by atoms with Crippen LogP contribution in [0.1, 0.15) is 23.3 Å². The lowest BCUT2D eigenvalue weighted by atomic mass is 9.84. The van der Waals surface area contributed by atoms with Gasteiger partial charge in [-0.05, 0) is 66.3 Å². The number of hydrogen-bond donors (Lipinski definition) is 0. The SMILES string of the molecule is [2H]c1c([2H])c([2H])c2c(-c3c([2H])c4c([2H])c([2H])c([2H])c([2H])c4c4c([2H])c([2H])c([2H])c([2H])c34)c3c([2H])c([2H])c([2H])c([2H])c3c(-c3coc4ccccc34)c2c1[2H]. The minimum absolute atomic E-state index is 0.0480. The highest BCUT2D eigenvalue weighted by atomic mass is 16.3. The van der Waals surface area contributed by atoms with Crippen LogP contribution in [0.5, 0.6) is 0 Å². The minimum atomic E-state index is -0.785. The second-order valence-electron chi connectivity index (χ2n) is 8.40. The van der Waals surface area contributed by atoms with Gasteiger partial charge in [0.15, 0.2) is 0 Å². The summed E-state index contributed by atoms with van der Waals surface area (Å²) in [6, 6.07) is -5.50. The predicted octanol–water partition coefficient (Wildman–Crippen LogP) is 10.4. The van der Waals surface area contributed by atoms with E-state index in [9.17, 15) is 6.85 Å². The molecule has 0 spiro atoms. The van der Waals surface area contributed by atoms with Gasteiger partial charge in [0.2, 0.25) is 0 Å². The van der Waals surface area contributed by atoms with E-state index in [1.165, 1.54) is 6.26 Å². The molecule has 0 amide bonds. The molecular formula is C36H22O. The maximum Gasteiger partial charge on any atom is 0.134 e. The standard InChI is InChI=1S/C36H22O/c1-2-12-24-23(11-1)21-32(26-14-4-3-13-25(24)26)35-28-16-5-7-18-30(28)36(31-19-8-6-17-29(31)35)33-22-37-34-20-10-9-15-27(33)34/h1-22H/i1D,2D,3D,4D,5D,6D,7D,8D,11D,12D,13D,14D,16D,17D,18D,19D,21D. The maximum atomic E-state index is 9.65. The number of para-hydroxylation sites is 1. The van der Waals surface area contributed by atoms with E-state index in [0.717, 1.165) is 0 Å². The second-order valence-corrected chi connectivity index (χ2v) is 8.40. The number of furan rings is 1. The molecule has 1 heteroatoms. The summed E-state index contributed by atoms with van der Waals surface area (Å²) in [6.45, 7) is 0. The van der Waals surface area contributed by atoms with Crippen molar-refractivity contribution in [1.82, 2.24) is 0 Å². The molecule has 0 aliphatic heterocycles. The summed E-state index contributed by atoms with van der Waals surface area (Å²) in [5.74, 6) is 0. The van der Waals surface area contributed by atoms with Crippen LogP contribution < -0.4 is 0 Å². The lowest BCUT2D eigenvalue weighted by Crippen LogP contribution is -1.92. The Bertz CT molecular complexity index is 2990. The first-order valence-electron chi connectivity index (χ1n) is 19.8. The average molecular weight is 488 g/mol. The van der Waals surface area contributed by atoms with Gasteiger partial charge in [0.05, 0.1) is 29.6 Å². The third-order valence-electron chi connectivity index (χ3n) is 6.50. The van der Waals surface area contributed by atoms with Gasteiger partial charge in [0, 0.05) is 16.5 Å². The lowest BCUT2D eigenvalue weighted by Gasteiger charge is -2.19. The Morgan fingerprint density at radius 1 is 0.459 bits per heavy atom. The smallest absolute Gasteiger partial charge is 0.134 e. The van der Waals surface area contributed by atoms with Crippen molar-refractivity contribution in [2.45, 2.75) is 0 Å². The molecule has 0 N–H and O–H groups in total. The molecule has 8 rings (SSSR count). The average Bonchev–Trinajstić information content (AvgIpc) is 3.59. The van der Waals surface area contributed by atoms with Gasteiger partial charge in [0.1, 0.15) is 5.58 Å². The molecule has 0 saturated heterocycles. The van der Waals surface area contributed by atoms with E-state index in [0.29, 0.717) is 11.0 Å². The molecule has 172 valence electrons. The topological polar surface area (TPSA) is 13.1 Å². The van der Waals surface area contributed by atoms with Gasteiger partial charge in [-0.2, -0.15) is 0 Å². The summed E-state index contributed by atoms with van der Waals surface area (Å²) in [6.07, 6.45) is 1.30. The lowest BCUT2D eigenvalue weighted by molar-refractivity contribution is 0.617. The van der Waals surface area contributed by atoms with E-state index >= 15 is 0 Å². The van der Waals surface area contributed by atoms with Crippen LogP contribution in [-0.4, -0.2) is 0 Å². The van der Waals surface area contributed by atoms with Crippen LogP contribution in [0.25, 0.3) is 76.3 Å². The number of fused-ring (bicyclic) bond motifs is 6. The number of rotatable bonds is 2. The Labute approximate surface area is 238 Å². The van der Waals surface area contributed by atoms with Crippen molar-refractivity contribution in [2.24, 2.45) is 0 Å². The highest BCUT2D eigenvalue weighted by molar-refractivity contribution is 6.26. The molecule has 0 bridgehead atoms. The van der Waals surface area contributed by atoms with Crippen LogP contribution in [0, 0.1) is 0 Å². The molecule has 0 fully saturated rings. The summed E-state index contributed by atoms with van der Waals surface area (Å²) in [7, 11) is 0. The molecular weight excluding hydrogens is 448 g/mol. The fraction of sp³-hybridized carbons (Fsp3) is 0. The first kappa shape index (κ1) is 9.88. The Hall–Kier alpha value is -4.88. The van der Waals surface area contributed by atoms with Crippen molar-refractivity contribution in [3.8, 4) is 22.3 Å². The molecule has 7 aromatic carbocycles. The largest absolute Gasteiger partial charge is 0.464 e. The summed E-state index contributed by atoms with van der Waals surface area (Å²) in [5.41, 5.74) is -0.368. The highest BCUT2D eigenvalue weighted by Gasteiger charge is 2.20. The van der Waals surface area contributed by atoms with Gasteiger partial charge in [-0.3, -0.25) is 0 Å². The van der Waals surface area contributed by atoms with Gasteiger partial charge in [-0.25, -0.2) is 0 Å². The quantitative estimate of drug-likeness (QED) is 0.175. The molecule has 0 aliphatic carbocycles. The molecule has 1 aromatic heterocycles. The molecule has 0 radical (unpaired) electrons. The summed E-state index contributed by atoms with van der Waals surface area (Å²) < 4.78 is 157. The summed E-state index contributed by atoms with van der Waals surface area (Å²) in [5, 5.41) is -2.50. The third-order valence-corrected chi connectivity index (χ3v) is 6.50. The number of hydrogen-bond acceptors (Lipinski definition) is 1. The van der Waals surface area contributed by atoms with Gasteiger partial charge in [-0.1, -0.05) is 115 Å². The predicted molar refractivity (Wildman–Crippen MR) is 157 cm³/mol. The van der Waals surface area contributed by atoms with E-state index in [-0.39, 0.29) is 32.7 Å². The normalized spacial score (nSPS) is 18.2. The minimum Gasteiger partial charge on any atom is -0.464 e. The van der Waals surface area contributed by atoms with E-state index in [2.05, 4.69) is 0 Å². The second kappa shape index (κ2) is 7.81.